The summed E-state index contributed by atoms with van der Waals surface area (Å²) in [5, 5.41) is 8.00. The number of nitrogens with zero attached hydrogens (tertiary/aromatic N) is 2. The van der Waals surface area contributed by atoms with Crippen LogP contribution in [-0.2, 0) is 6.54 Å². The Labute approximate surface area is 116 Å². The van der Waals surface area contributed by atoms with Gasteiger partial charge in [-0.1, -0.05) is 0 Å². The first-order valence-electron chi connectivity index (χ1n) is 5.90. The Hall–Kier alpha value is -0.250. The van der Waals surface area contributed by atoms with Gasteiger partial charge in [0.1, 0.15) is 0 Å². The number of aromatic nitrogens is 2. The second-order valence-corrected chi connectivity index (χ2v) is 4.67. The molecule has 0 amide bonds. The van der Waals surface area contributed by atoms with Crippen LogP contribution in [0.4, 0.5) is 0 Å². The van der Waals surface area contributed by atoms with Crippen LogP contribution < -0.4 is 5.32 Å². The topological polar surface area (TPSA) is 29.9 Å². The van der Waals surface area contributed by atoms with Crippen LogP contribution >= 0.6 is 24.8 Å². The summed E-state index contributed by atoms with van der Waals surface area (Å²) in [5.41, 5.74) is 3.87. The van der Waals surface area contributed by atoms with Crippen LogP contribution in [-0.4, -0.2) is 22.9 Å². The van der Waals surface area contributed by atoms with E-state index in [0.717, 1.165) is 12.5 Å². The summed E-state index contributed by atoms with van der Waals surface area (Å²) in [6.07, 6.45) is 2.58. The number of hydrogen-bond donors (Lipinski definition) is 1. The molecule has 2 rings (SSSR count). The minimum Gasteiger partial charge on any atom is -0.317 e. The Morgan fingerprint density at radius 1 is 1.18 bits per heavy atom. The second kappa shape index (κ2) is 7.24. The maximum atomic E-state index is 4.60. The molecule has 0 bridgehead atoms. The van der Waals surface area contributed by atoms with Crippen LogP contribution in [0.25, 0.3) is 0 Å². The first-order valence-corrected chi connectivity index (χ1v) is 5.90. The highest BCUT2D eigenvalue weighted by atomic mass is 35.5. The lowest BCUT2D eigenvalue weighted by Gasteiger charge is -2.22. The van der Waals surface area contributed by atoms with Crippen molar-refractivity contribution in [3.8, 4) is 0 Å². The fraction of sp³-hybridized carbons (Fsp3) is 0.750. The molecule has 0 unspecified atom stereocenters. The van der Waals surface area contributed by atoms with E-state index >= 15 is 0 Å². The summed E-state index contributed by atoms with van der Waals surface area (Å²) in [6, 6.07) is 0. The predicted molar refractivity (Wildman–Crippen MR) is 76.5 cm³/mol. The standard InChI is InChI=1S/C12H21N3.2ClH/c1-9-10(2)14-15(11(9)3)8-12-4-6-13-7-5-12;;/h12-13H,4-8H2,1-3H3;2*1H. The first kappa shape index (κ1) is 16.8. The van der Waals surface area contributed by atoms with Crippen molar-refractivity contribution in [2.45, 2.75) is 40.2 Å². The molecule has 2 heterocycles. The molecule has 0 radical (unpaired) electrons. The van der Waals surface area contributed by atoms with Crippen molar-refractivity contribution in [1.82, 2.24) is 15.1 Å². The molecule has 1 aromatic rings. The summed E-state index contributed by atoms with van der Waals surface area (Å²) in [6.45, 7) is 9.88. The van der Waals surface area contributed by atoms with Gasteiger partial charge in [-0.3, -0.25) is 4.68 Å². The third kappa shape index (κ3) is 3.87. The molecule has 1 aromatic heterocycles. The minimum absolute atomic E-state index is 0. The SMILES string of the molecule is Cc1nn(CC2CCNCC2)c(C)c1C.Cl.Cl. The number of piperidine rings is 1. The van der Waals surface area contributed by atoms with Crippen LogP contribution in [0, 0.1) is 26.7 Å². The molecule has 0 spiro atoms. The van der Waals surface area contributed by atoms with Gasteiger partial charge < -0.3 is 5.32 Å². The molecule has 1 aliphatic heterocycles. The van der Waals surface area contributed by atoms with E-state index in [1.54, 1.807) is 0 Å². The lowest BCUT2D eigenvalue weighted by Crippen LogP contribution is -2.30. The van der Waals surface area contributed by atoms with Gasteiger partial charge in [-0.15, -0.1) is 24.8 Å². The van der Waals surface area contributed by atoms with E-state index in [-0.39, 0.29) is 24.8 Å². The van der Waals surface area contributed by atoms with E-state index in [4.69, 9.17) is 0 Å². The molecule has 100 valence electrons. The van der Waals surface area contributed by atoms with Gasteiger partial charge in [0.25, 0.3) is 0 Å². The number of rotatable bonds is 2. The zero-order chi connectivity index (χ0) is 10.8. The normalized spacial score (nSPS) is 16.2. The Bertz CT molecular complexity index is 344. The Balaban J connectivity index is 0.00000128. The van der Waals surface area contributed by atoms with E-state index in [1.165, 1.54) is 42.9 Å². The quantitative estimate of drug-likeness (QED) is 0.902. The molecule has 0 saturated carbocycles. The largest absolute Gasteiger partial charge is 0.317 e. The molecular weight excluding hydrogens is 257 g/mol. The van der Waals surface area contributed by atoms with E-state index in [1.807, 2.05) is 0 Å². The summed E-state index contributed by atoms with van der Waals surface area (Å²) in [4.78, 5) is 0. The van der Waals surface area contributed by atoms with Gasteiger partial charge in [0.2, 0.25) is 0 Å². The van der Waals surface area contributed by atoms with Crippen molar-refractivity contribution in [2.75, 3.05) is 13.1 Å². The van der Waals surface area contributed by atoms with E-state index < -0.39 is 0 Å². The average Bonchev–Trinajstić information content (AvgIpc) is 2.48. The van der Waals surface area contributed by atoms with Crippen molar-refractivity contribution in [1.29, 1.82) is 0 Å². The highest BCUT2D eigenvalue weighted by Crippen LogP contribution is 2.17. The maximum absolute atomic E-state index is 4.60. The van der Waals surface area contributed by atoms with Gasteiger partial charge in [0, 0.05) is 12.2 Å². The smallest absolute Gasteiger partial charge is 0.0625 e. The molecule has 3 nitrogen and oxygen atoms in total. The van der Waals surface area contributed by atoms with Crippen LogP contribution in [0.2, 0.25) is 0 Å². The maximum Gasteiger partial charge on any atom is 0.0625 e. The zero-order valence-corrected chi connectivity index (χ0v) is 12.5. The van der Waals surface area contributed by atoms with Gasteiger partial charge in [-0.2, -0.15) is 5.10 Å². The molecule has 1 fully saturated rings. The van der Waals surface area contributed by atoms with Crippen LogP contribution in [0.3, 0.4) is 0 Å². The van der Waals surface area contributed by atoms with Gasteiger partial charge in [0.15, 0.2) is 0 Å². The lowest BCUT2D eigenvalue weighted by atomic mass is 9.98. The highest BCUT2D eigenvalue weighted by molar-refractivity contribution is 5.85. The van der Waals surface area contributed by atoms with Gasteiger partial charge >= 0.3 is 0 Å². The molecule has 1 aliphatic rings. The minimum atomic E-state index is 0. The highest BCUT2D eigenvalue weighted by Gasteiger charge is 2.16. The van der Waals surface area contributed by atoms with Gasteiger partial charge in [0.05, 0.1) is 5.69 Å². The van der Waals surface area contributed by atoms with E-state index in [0.29, 0.717) is 0 Å². The predicted octanol–water partition coefficient (Wildman–Crippen LogP) is 2.65. The number of halogens is 2. The molecule has 0 aliphatic carbocycles. The molecule has 1 saturated heterocycles. The van der Waals surface area contributed by atoms with Crippen LogP contribution in [0.15, 0.2) is 0 Å². The van der Waals surface area contributed by atoms with E-state index in [2.05, 4.69) is 35.9 Å². The van der Waals surface area contributed by atoms with Crippen LogP contribution in [0.1, 0.15) is 29.8 Å². The van der Waals surface area contributed by atoms with E-state index in [9.17, 15) is 0 Å². The van der Waals surface area contributed by atoms with Gasteiger partial charge in [-0.25, -0.2) is 0 Å². The molecule has 0 atom stereocenters. The zero-order valence-electron chi connectivity index (χ0n) is 10.8. The summed E-state index contributed by atoms with van der Waals surface area (Å²) >= 11 is 0. The Morgan fingerprint density at radius 3 is 2.24 bits per heavy atom. The van der Waals surface area contributed by atoms with Crippen molar-refractivity contribution in [3.05, 3.63) is 17.0 Å². The van der Waals surface area contributed by atoms with Crippen molar-refractivity contribution >= 4 is 24.8 Å². The molecule has 17 heavy (non-hydrogen) atoms. The van der Waals surface area contributed by atoms with Crippen molar-refractivity contribution in [2.24, 2.45) is 5.92 Å². The lowest BCUT2D eigenvalue weighted by molar-refractivity contribution is 0.318. The molecule has 0 aromatic carbocycles. The number of hydrogen-bond acceptors (Lipinski definition) is 2. The van der Waals surface area contributed by atoms with Crippen molar-refractivity contribution < 1.29 is 0 Å². The molecule has 5 heteroatoms. The molecule has 1 N–H and O–H groups in total. The van der Waals surface area contributed by atoms with Crippen molar-refractivity contribution in [3.63, 3.8) is 0 Å². The fourth-order valence-corrected chi connectivity index (χ4v) is 2.27. The Kier molecular flexibility index (Phi) is 7.14. The third-order valence-electron chi connectivity index (χ3n) is 3.63. The monoisotopic (exact) mass is 279 g/mol. The molecular formula is C12H23Cl2N3. The second-order valence-electron chi connectivity index (χ2n) is 4.67. The summed E-state index contributed by atoms with van der Waals surface area (Å²) in [7, 11) is 0. The number of nitrogens with one attached hydrogen (secondary N) is 1. The fourth-order valence-electron chi connectivity index (χ4n) is 2.27. The summed E-state index contributed by atoms with van der Waals surface area (Å²) < 4.78 is 2.20. The van der Waals surface area contributed by atoms with Crippen LogP contribution in [0.5, 0.6) is 0 Å². The first-order chi connectivity index (χ1) is 7.18. The summed E-state index contributed by atoms with van der Waals surface area (Å²) in [5.74, 6) is 0.809. The Morgan fingerprint density at radius 2 is 1.76 bits per heavy atom. The van der Waals surface area contributed by atoms with Gasteiger partial charge in [-0.05, 0) is 58.2 Å². The number of aryl methyl sites for hydroxylation is 1. The third-order valence-corrected chi connectivity index (χ3v) is 3.63. The average molecular weight is 280 g/mol.